The summed E-state index contributed by atoms with van der Waals surface area (Å²) in [5.74, 6) is 0.169. The number of ether oxygens (including phenoxy) is 1. The molecule has 4 heterocycles. The number of aromatic nitrogens is 2. The molecule has 5 N–H and O–H groups in total. The number of likely N-dealkylation sites (tertiary alicyclic amines) is 1. The fourth-order valence-electron chi connectivity index (χ4n) is 11.4. The summed E-state index contributed by atoms with van der Waals surface area (Å²) in [4.78, 5) is 71.2. The van der Waals surface area contributed by atoms with Gasteiger partial charge >= 0.3 is 0 Å². The van der Waals surface area contributed by atoms with E-state index < -0.39 is 29.5 Å². The summed E-state index contributed by atoms with van der Waals surface area (Å²) in [5.41, 5.74) is 4.19. The van der Waals surface area contributed by atoms with Crippen molar-refractivity contribution in [2.75, 3.05) is 44.2 Å². The lowest BCUT2D eigenvalue weighted by Crippen LogP contribution is -2.74. The van der Waals surface area contributed by atoms with Gasteiger partial charge in [0.1, 0.15) is 35.8 Å². The third kappa shape index (κ3) is 11.1. The van der Waals surface area contributed by atoms with Crippen molar-refractivity contribution in [2.24, 2.45) is 16.2 Å². The Morgan fingerprint density at radius 1 is 0.958 bits per heavy atom. The van der Waals surface area contributed by atoms with Gasteiger partial charge in [-0.3, -0.25) is 24.1 Å². The van der Waals surface area contributed by atoms with E-state index >= 15 is 0 Å². The largest absolute Gasteiger partial charge is 0.489 e. The van der Waals surface area contributed by atoms with E-state index in [-0.39, 0.29) is 72.3 Å². The Morgan fingerprint density at radius 2 is 1.65 bits per heavy atom. The molecule has 2 aromatic heterocycles. The van der Waals surface area contributed by atoms with Crippen molar-refractivity contribution in [3.8, 4) is 22.3 Å². The van der Waals surface area contributed by atoms with E-state index in [0.29, 0.717) is 27.9 Å². The number of carbonyl (C=O) groups excluding carboxylic acids is 4. The summed E-state index contributed by atoms with van der Waals surface area (Å²) in [7, 11) is 0. The van der Waals surface area contributed by atoms with Crippen LogP contribution >= 0.6 is 22.9 Å². The highest BCUT2D eigenvalue weighted by atomic mass is 35.5. The van der Waals surface area contributed by atoms with E-state index in [1.54, 1.807) is 35.7 Å². The number of nitriles is 1. The molecule has 18 heteroatoms. The predicted molar refractivity (Wildman–Crippen MR) is 279 cm³/mol. The van der Waals surface area contributed by atoms with Crippen molar-refractivity contribution in [2.45, 2.75) is 130 Å². The summed E-state index contributed by atoms with van der Waals surface area (Å²) in [6.07, 6.45) is 2.48. The van der Waals surface area contributed by atoms with Crippen LogP contribution in [0.2, 0.25) is 5.02 Å². The van der Waals surface area contributed by atoms with Crippen molar-refractivity contribution >= 4 is 52.4 Å². The van der Waals surface area contributed by atoms with Crippen molar-refractivity contribution < 1.29 is 29.0 Å². The van der Waals surface area contributed by atoms with Crippen LogP contribution in [-0.4, -0.2) is 130 Å². The quantitative estimate of drug-likeness (QED) is 0.0895. The number of hydrogen-bond acceptors (Lipinski definition) is 13. The number of nitrogens with zero attached hydrogens (tertiary/aromatic N) is 6. The molecule has 2 saturated carbocycles. The van der Waals surface area contributed by atoms with Gasteiger partial charge in [-0.25, -0.2) is 9.97 Å². The zero-order chi connectivity index (χ0) is 51.9. The fourth-order valence-corrected chi connectivity index (χ4v) is 12.4. The lowest BCUT2D eigenvalue weighted by molar-refractivity contribution is -0.164. The molecule has 4 fully saturated rings. The Morgan fingerprint density at radius 3 is 2.25 bits per heavy atom. The molecule has 4 aliphatic rings. The van der Waals surface area contributed by atoms with Gasteiger partial charge in [0.15, 0.2) is 0 Å². The smallest absolute Gasteiger partial charge is 0.253 e. The number of β-amino-alcohol motifs (C(OH)–C–C–N with tert-alkyl or cyclic N) is 1. The number of carbonyl (C=O) groups is 4. The second-order valence-corrected chi connectivity index (χ2v) is 23.6. The minimum Gasteiger partial charge on any atom is -0.489 e. The number of piperazine rings is 1. The van der Waals surface area contributed by atoms with Crippen molar-refractivity contribution in [1.29, 1.82) is 5.26 Å². The number of nitrogens with one attached hydrogen (secondary N) is 4. The minimum absolute atomic E-state index is 0.00530. The number of rotatable bonds is 15. The molecule has 72 heavy (non-hydrogen) atoms. The second-order valence-electron chi connectivity index (χ2n) is 22.3. The molecular formula is C54H69ClN10O6S. The summed E-state index contributed by atoms with van der Waals surface area (Å²) < 4.78 is 6.38. The van der Waals surface area contributed by atoms with Crippen LogP contribution in [0.25, 0.3) is 10.4 Å². The third-order valence-corrected chi connectivity index (χ3v) is 16.6. The maximum absolute atomic E-state index is 14.2. The molecule has 2 saturated heterocycles. The first-order chi connectivity index (χ1) is 34.0. The van der Waals surface area contributed by atoms with Gasteiger partial charge < -0.3 is 40.9 Å². The number of amides is 4. The summed E-state index contributed by atoms with van der Waals surface area (Å²) in [6.45, 7) is 21.2. The Balaban J connectivity index is 0.759. The average molecular weight is 1020 g/mol. The third-order valence-electron chi connectivity index (χ3n) is 15.3. The second kappa shape index (κ2) is 21.1. The summed E-state index contributed by atoms with van der Waals surface area (Å²) in [5, 5.41) is 32.9. The van der Waals surface area contributed by atoms with Gasteiger partial charge in [0, 0.05) is 80.4 Å². The Bertz CT molecular complexity index is 2650. The number of aliphatic hydroxyl groups excluding tert-OH is 1. The van der Waals surface area contributed by atoms with Crippen LogP contribution in [0.5, 0.6) is 5.75 Å². The van der Waals surface area contributed by atoms with E-state index in [2.05, 4.69) is 69.8 Å². The summed E-state index contributed by atoms with van der Waals surface area (Å²) >= 11 is 7.84. The monoisotopic (exact) mass is 1020 g/mol. The number of pyridine rings is 1. The highest BCUT2D eigenvalue weighted by Gasteiger charge is 2.64. The normalized spacial score (nSPS) is 24.5. The zero-order valence-corrected chi connectivity index (χ0v) is 44.4. The van der Waals surface area contributed by atoms with Crippen molar-refractivity contribution in [3.05, 3.63) is 93.7 Å². The molecular weight excluding hydrogens is 952 g/mol. The average Bonchev–Trinajstić information content (AvgIpc) is 3.95. The topological polar surface area (TPSA) is 205 Å². The van der Waals surface area contributed by atoms with Gasteiger partial charge in [0.25, 0.3) is 5.91 Å². The Kier molecular flexibility index (Phi) is 15.4. The molecule has 16 nitrogen and oxygen atoms in total. The molecule has 0 radical (unpaired) electrons. The first kappa shape index (κ1) is 52.7. The van der Waals surface area contributed by atoms with Crippen LogP contribution in [-0.2, 0) is 14.4 Å². The number of aryl methyl sites for hydroxylation is 1. The van der Waals surface area contributed by atoms with E-state index in [4.69, 9.17) is 21.3 Å². The van der Waals surface area contributed by atoms with Gasteiger partial charge in [-0.05, 0) is 67.5 Å². The highest BCUT2D eigenvalue weighted by Crippen LogP contribution is 2.55. The SMILES string of the molecule is Cc1ncsc1-c1ccc([C@H](C)NC(=O)[C@@H]2C[C@@H](O)CN2C(=O)C(NC(=O)CNC2CC(N3CCN(c4ccc(C(=O)NC5C(C)(C)C(Oc6ccc(C#N)c(Cl)c6)C5(C)C)cn4)CC3)C2)C(C)(C)C)cc1. The molecule has 384 valence electrons. The number of aliphatic hydroxyl groups is 1. The Hall–Kier alpha value is -5.64. The number of benzene rings is 2. The highest BCUT2D eigenvalue weighted by molar-refractivity contribution is 7.13. The number of thiazole rings is 1. The van der Waals surface area contributed by atoms with E-state index in [0.717, 1.165) is 66.5 Å². The van der Waals surface area contributed by atoms with E-state index in [1.165, 1.54) is 4.90 Å². The van der Waals surface area contributed by atoms with Crippen LogP contribution in [0, 0.1) is 34.5 Å². The first-order valence-electron chi connectivity index (χ1n) is 25.0. The van der Waals surface area contributed by atoms with Gasteiger partial charge in [-0.2, -0.15) is 5.26 Å². The van der Waals surface area contributed by atoms with Crippen LogP contribution in [0.1, 0.15) is 108 Å². The van der Waals surface area contributed by atoms with Crippen LogP contribution in [0.3, 0.4) is 0 Å². The maximum Gasteiger partial charge on any atom is 0.253 e. The first-order valence-corrected chi connectivity index (χ1v) is 26.2. The molecule has 2 aliphatic carbocycles. The minimum atomic E-state index is -0.912. The molecule has 4 aromatic rings. The standard InChI is InChI=1S/C54H69ClN10O6S/c1-31(33-10-12-34(13-11-33)45-32(2)59-30-72-45)60-48(69)42-24-39(66)29-65(42)49(70)46(52(3,4)5)61-44(67)28-57-37-22-38(23-37)63-18-20-64(21-19-63)43-17-15-36(27-58-43)47(68)62-50-53(6,7)51(54(50,8)9)71-40-16-14-35(26-56)41(55)25-40/h10-17,25,27,30-31,37-39,42,46,50-51,57,66H,18-24,28-29H2,1-9H3,(H,60,69)(H,61,67)(H,62,68)/t31-,37?,38?,39+,42-,46?,50?,51?/m0/s1. The van der Waals surface area contributed by atoms with E-state index in [1.807, 2.05) is 76.5 Å². The van der Waals surface area contributed by atoms with Crippen LogP contribution in [0.4, 0.5) is 5.82 Å². The number of anilines is 1. The molecule has 2 aliphatic heterocycles. The van der Waals surface area contributed by atoms with Gasteiger partial charge in [0.2, 0.25) is 17.7 Å². The number of halogens is 1. The Labute approximate surface area is 432 Å². The molecule has 1 unspecified atom stereocenters. The zero-order valence-electron chi connectivity index (χ0n) is 42.8. The molecule has 4 amide bonds. The van der Waals surface area contributed by atoms with E-state index in [9.17, 15) is 29.5 Å². The van der Waals surface area contributed by atoms with Crippen molar-refractivity contribution in [3.63, 3.8) is 0 Å². The van der Waals surface area contributed by atoms with Gasteiger partial charge in [-0.1, -0.05) is 84.3 Å². The predicted octanol–water partition coefficient (Wildman–Crippen LogP) is 6.26. The molecule has 2 aromatic carbocycles. The molecule has 0 spiro atoms. The lowest BCUT2D eigenvalue weighted by Gasteiger charge is -2.63. The van der Waals surface area contributed by atoms with Crippen LogP contribution in [0.15, 0.2) is 66.3 Å². The molecule has 0 bridgehead atoms. The van der Waals surface area contributed by atoms with Gasteiger partial charge in [-0.15, -0.1) is 11.3 Å². The maximum atomic E-state index is 14.2. The van der Waals surface area contributed by atoms with Gasteiger partial charge in [0.05, 0.1) is 50.9 Å². The molecule has 4 atom stereocenters. The number of hydrogen-bond donors (Lipinski definition) is 5. The van der Waals surface area contributed by atoms with Crippen LogP contribution < -0.4 is 30.9 Å². The fraction of sp³-hybridized carbons (Fsp3) is 0.537. The van der Waals surface area contributed by atoms with Crippen molar-refractivity contribution in [1.82, 2.24) is 41.0 Å². The lowest BCUT2D eigenvalue weighted by atomic mass is 9.49. The molecule has 8 rings (SSSR count). The summed E-state index contributed by atoms with van der Waals surface area (Å²) in [6, 6.07) is 17.1.